The molecule has 0 spiro atoms. The van der Waals surface area contributed by atoms with Gasteiger partial charge >= 0.3 is 5.97 Å². The molecule has 1 fully saturated rings. The first kappa shape index (κ1) is 17.9. The van der Waals surface area contributed by atoms with E-state index >= 15 is 0 Å². The minimum Gasteiger partial charge on any atom is -0.481 e. The van der Waals surface area contributed by atoms with Crippen molar-refractivity contribution in [3.05, 3.63) is 0 Å². The first-order chi connectivity index (χ1) is 9.75. The zero-order valence-electron chi connectivity index (χ0n) is 13.6. The normalized spacial score (nSPS) is 18.5. The number of carbonyl (C=O) groups excluding carboxylic acids is 1. The van der Waals surface area contributed by atoms with Crippen molar-refractivity contribution < 1.29 is 14.7 Å². The molecule has 0 aromatic carbocycles. The minimum atomic E-state index is -0.844. The van der Waals surface area contributed by atoms with Crippen molar-refractivity contribution in [1.82, 2.24) is 15.5 Å². The molecule has 1 heterocycles. The van der Waals surface area contributed by atoms with E-state index in [1.54, 1.807) is 0 Å². The second-order valence-electron chi connectivity index (χ2n) is 6.67. The molecule has 0 aromatic heterocycles. The number of hydrogen-bond acceptors (Lipinski definition) is 4. The molecule has 3 N–H and O–H groups in total. The molecule has 0 aliphatic carbocycles. The topological polar surface area (TPSA) is 81.7 Å². The molecular weight excluding hydrogens is 270 g/mol. The molecular formula is C15H29N3O3. The van der Waals surface area contributed by atoms with Crippen LogP contribution in [0, 0.1) is 11.8 Å². The fraction of sp³-hybridized carbons (Fsp3) is 0.867. The average molecular weight is 299 g/mol. The molecule has 21 heavy (non-hydrogen) atoms. The lowest BCUT2D eigenvalue weighted by atomic mass is 9.96. The van der Waals surface area contributed by atoms with Crippen LogP contribution in [0.1, 0.15) is 34.1 Å². The molecule has 1 aliphatic rings. The lowest BCUT2D eigenvalue weighted by molar-refractivity contribution is -0.142. The van der Waals surface area contributed by atoms with E-state index in [9.17, 15) is 14.7 Å². The summed E-state index contributed by atoms with van der Waals surface area (Å²) in [6.45, 7) is 11.4. The fourth-order valence-corrected chi connectivity index (χ4v) is 2.64. The van der Waals surface area contributed by atoms with Gasteiger partial charge in [0.05, 0.1) is 11.5 Å². The third-order valence-electron chi connectivity index (χ3n) is 4.08. The van der Waals surface area contributed by atoms with Gasteiger partial charge in [-0.3, -0.25) is 14.5 Å². The van der Waals surface area contributed by atoms with Gasteiger partial charge in [-0.15, -0.1) is 0 Å². The Hall–Kier alpha value is -1.14. The van der Waals surface area contributed by atoms with Gasteiger partial charge in [0.25, 0.3) is 0 Å². The van der Waals surface area contributed by atoms with Crippen molar-refractivity contribution in [2.75, 3.05) is 32.7 Å². The Labute approximate surface area is 127 Å². The summed E-state index contributed by atoms with van der Waals surface area (Å²) in [6, 6.07) is 0. The fourth-order valence-electron chi connectivity index (χ4n) is 2.64. The summed E-state index contributed by atoms with van der Waals surface area (Å²) in [7, 11) is 0. The van der Waals surface area contributed by atoms with Crippen LogP contribution in [0.3, 0.4) is 0 Å². The maximum absolute atomic E-state index is 12.4. The van der Waals surface area contributed by atoms with Gasteiger partial charge in [0.1, 0.15) is 0 Å². The van der Waals surface area contributed by atoms with E-state index in [2.05, 4.69) is 15.5 Å². The van der Waals surface area contributed by atoms with E-state index in [1.165, 1.54) is 0 Å². The van der Waals surface area contributed by atoms with Crippen molar-refractivity contribution in [2.45, 2.75) is 39.7 Å². The van der Waals surface area contributed by atoms with Gasteiger partial charge in [-0.2, -0.15) is 0 Å². The number of amides is 1. The van der Waals surface area contributed by atoms with Crippen LogP contribution in [0.5, 0.6) is 0 Å². The quantitative estimate of drug-likeness (QED) is 0.639. The van der Waals surface area contributed by atoms with Gasteiger partial charge in [-0.05, 0) is 26.2 Å². The third-order valence-corrected chi connectivity index (χ3v) is 4.08. The molecule has 1 amide bonds. The van der Waals surface area contributed by atoms with Gasteiger partial charge < -0.3 is 15.7 Å². The van der Waals surface area contributed by atoms with Crippen molar-refractivity contribution in [2.24, 2.45) is 11.8 Å². The van der Waals surface area contributed by atoms with Crippen LogP contribution >= 0.6 is 0 Å². The van der Waals surface area contributed by atoms with Crippen molar-refractivity contribution in [3.63, 3.8) is 0 Å². The van der Waals surface area contributed by atoms with E-state index < -0.39 is 17.4 Å². The van der Waals surface area contributed by atoms with Crippen LogP contribution in [0.25, 0.3) is 0 Å². The Morgan fingerprint density at radius 2 is 1.86 bits per heavy atom. The lowest BCUT2D eigenvalue weighted by Gasteiger charge is -2.40. The van der Waals surface area contributed by atoms with E-state index in [0.717, 1.165) is 26.2 Å². The maximum Gasteiger partial charge on any atom is 0.308 e. The van der Waals surface area contributed by atoms with Gasteiger partial charge in [-0.1, -0.05) is 13.8 Å². The molecule has 1 saturated heterocycles. The molecule has 1 atom stereocenters. The maximum atomic E-state index is 12.4. The number of hydrogen-bond donors (Lipinski definition) is 3. The number of piperazine rings is 1. The van der Waals surface area contributed by atoms with Crippen LogP contribution in [-0.4, -0.2) is 60.1 Å². The summed E-state index contributed by atoms with van der Waals surface area (Å²) in [5.74, 6) is -1.17. The number of nitrogens with one attached hydrogen (secondary N) is 2. The van der Waals surface area contributed by atoms with Crippen LogP contribution in [0.2, 0.25) is 0 Å². The highest BCUT2D eigenvalue weighted by molar-refractivity contribution is 5.85. The van der Waals surface area contributed by atoms with Gasteiger partial charge in [0.15, 0.2) is 0 Å². The second-order valence-corrected chi connectivity index (χ2v) is 6.67. The number of carboxylic acids is 1. The number of carbonyl (C=O) groups is 2. The van der Waals surface area contributed by atoms with Crippen LogP contribution in [-0.2, 0) is 9.59 Å². The molecule has 6 heteroatoms. The first-order valence-electron chi connectivity index (χ1n) is 7.72. The molecule has 6 nitrogen and oxygen atoms in total. The average Bonchev–Trinajstić information content (AvgIpc) is 2.43. The Morgan fingerprint density at radius 3 is 2.33 bits per heavy atom. The van der Waals surface area contributed by atoms with Gasteiger partial charge in [0.2, 0.25) is 5.91 Å². The molecule has 1 rings (SSSR count). The summed E-state index contributed by atoms with van der Waals surface area (Å²) in [4.78, 5) is 25.8. The summed E-state index contributed by atoms with van der Waals surface area (Å²) in [6.07, 6.45) is 0.573. The number of aliphatic carboxylic acids is 1. The van der Waals surface area contributed by atoms with Gasteiger partial charge in [-0.25, -0.2) is 0 Å². The minimum absolute atomic E-state index is 0.0978. The van der Waals surface area contributed by atoms with E-state index in [1.807, 2.05) is 27.7 Å². The Morgan fingerprint density at radius 1 is 1.29 bits per heavy atom. The predicted octanol–water partition coefficient (Wildman–Crippen LogP) is 0.533. The first-order valence-corrected chi connectivity index (χ1v) is 7.72. The monoisotopic (exact) mass is 299 g/mol. The second kappa shape index (κ2) is 7.75. The summed E-state index contributed by atoms with van der Waals surface area (Å²) >= 11 is 0. The number of nitrogens with zero attached hydrogens (tertiary/aromatic N) is 1. The van der Waals surface area contributed by atoms with Crippen molar-refractivity contribution in [1.29, 1.82) is 0 Å². The molecule has 1 aliphatic heterocycles. The highest BCUT2D eigenvalue weighted by Gasteiger charge is 2.35. The smallest absolute Gasteiger partial charge is 0.308 e. The van der Waals surface area contributed by atoms with E-state index in [4.69, 9.17) is 0 Å². The standard InChI is InChI=1S/C15H29N3O3/c1-11(2)9-12(13(19)20)10-17-14(21)15(3,4)18-7-5-16-6-8-18/h11-12,16H,5-10H2,1-4H3,(H,17,21)(H,19,20). The summed E-state index contributed by atoms with van der Waals surface area (Å²) in [5.41, 5.74) is -0.608. The van der Waals surface area contributed by atoms with E-state index in [0.29, 0.717) is 12.3 Å². The zero-order chi connectivity index (χ0) is 16.0. The van der Waals surface area contributed by atoms with E-state index in [-0.39, 0.29) is 12.5 Å². The molecule has 1 unspecified atom stereocenters. The Bertz CT molecular complexity index is 363. The third kappa shape index (κ3) is 5.28. The lowest BCUT2D eigenvalue weighted by Crippen LogP contribution is -2.60. The number of rotatable bonds is 7. The summed E-state index contributed by atoms with van der Waals surface area (Å²) in [5, 5.41) is 15.3. The Kier molecular flexibility index (Phi) is 6.61. The highest BCUT2D eigenvalue weighted by Crippen LogP contribution is 2.16. The van der Waals surface area contributed by atoms with Crippen molar-refractivity contribution in [3.8, 4) is 0 Å². The van der Waals surface area contributed by atoms with Crippen LogP contribution in [0.15, 0.2) is 0 Å². The molecule has 122 valence electrons. The predicted molar refractivity (Wildman–Crippen MR) is 82.1 cm³/mol. The number of carboxylic acid groups (broad SMARTS) is 1. The van der Waals surface area contributed by atoms with Crippen LogP contribution < -0.4 is 10.6 Å². The molecule has 0 aromatic rings. The molecule has 0 radical (unpaired) electrons. The highest BCUT2D eigenvalue weighted by atomic mass is 16.4. The largest absolute Gasteiger partial charge is 0.481 e. The zero-order valence-corrected chi connectivity index (χ0v) is 13.6. The van der Waals surface area contributed by atoms with Crippen LogP contribution in [0.4, 0.5) is 0 Å². The van der Waals surface area contributed by atoms with Crippen molar-refractivity contribution >= 4 is 11.9 Å². The molecule has 0 saturated carbocycles. The van der Waals surface area contributed by atoms with Gasteiger partial charge in [0, 0.05) is 32.7 Å². The summed E-state index contributed by atoms with van der Waals surface area (Å²) < 4.78 is 0. The molecule has 0 bridgehead atoms. The SMILES string of the molecule is CC(C)CC(CNC(=O)C(C)(C)N1CCNCC1)C(=O)O. The Balaban J connectivity index is 2.55.